The summed E-state index contributed by atoms with van der Waals surface area (Å²) in [5.74, 6) is 0.306. The topological polar surface area (TPSA) is 24.1 Å². The molecule has 2 aromatic rings. The van der Waals surface area contributed by atoms with Crippen molar-refractivity contribution in [1.29, 1.82) is 0 Å². The Labute approximate surface area is 183 Å². The van der Waals surface area contributed by atoms with Crippen LogP contribution in [0.25, 0.3) is 12.2 Å². The van der Waals surface area contributed by atoms with Crippen LogP contribution in [0.15, 0.2) is 48.7 Å². The summed E-state index contributed by atoms with van der Waals surface area (Å²) in [6.07, 6.45) is 17.1. The number of phenols is 1. The molecule has 4 heteroatoms. The van der Waals surface area contributed by atoms with Gasteiger partial charge in [0, 0.05) is 30.0 Å². The number of hydrogen-bond donors (Lipinski definition) is 1. The molecule has 0 bridgehead atoms. The van der Waals surface area contributed by atoms with Crippen LogP contribution in [0.4, 0.5) is 0 Å². The summed E-state index contributed by atoms with van der Waals surface area (Å²) in [5.41, 5.74) is 2.31. The molecule has 0 aliphatic rings. The fourth-order valence-electron chi connectivity index (χ4n) is 3.05. The monoisotopic (exact) mass is 495 g/mol. The molecule has 1 heterocycles. The van der Waals surface area contributed by atoms with Crippen molar-refractivity contribution < 1.29 is 26.7 Å². The standard InChI is InChI=1S/C23H30BrNO.BrH/c24-18-8-5-3-1-2-4-6-9-19-25-20-10-7-11-22(25)15-12-21-13-16-23(26)17-14-21;/h7,10-17,20H,1-6,8-9,18-19H2;1H. The zero-order valence-corrected chi connectivity index (χ0v) is 19.2. The fourth-order valence-corrected chi connectivity index (χ4v) is 3.45. The van der Waals surface area contributed by atoms with Gasteiger partial charge in [-0.2, -0.15) is 4.57 Å². The van der Waals surface area contributed by atoms with Crippen LogP contribution in [-0.2, 0) is 6.54 Å². The van der Waals surface area contributed by atoms with E-state index in [0.29, 0.717) is 5.75 Å². The van der Waals surface area contributed by atoms with Gasteiger partial charge in [0.25, 0.3) is 0 Å². The van der Waals surface area contributed by atoms with Crippen LogP contribution < -0.4 is 21.5 Å². The summed E-state index contributed by atoms with van der Waals surface area (Å²) < 4.78 is 2.33. The van der Waals surface area contributed by atoms with E-state index in [0.717, 1.165) is 17.4 Å². The number of halogens is 2. The Kier molecular flexibility index (Phi) is 13.2. The molecule has 0 aliphatic heterocycles. The van der Waals surface area contributed by atoms with Gasteiger partial charge in [0.2, 0.25) is 5.69 Å². The van der Waals surface area contributed by atoms with E-state index in [1.807, 2.05) is 12.1 Å². The van der Waals surface area contributed by atoms with E-state index in [1.165, 1.54) is 57.1 Å². The molecule has 1 N–H and O–H groups in total. The molecule has 0 fully saturated rings. The lowest BCUT2D eigenvalue weighted by atomic mass is 10.1. The number of phenolic OH excluding ortho intramolecular Hbond substituents is 1. The number of aromatic hydroxyl groups is 1. The molecule has 148 valence electrons. The van der Waals surface area contributed by atoms with E-state index in [4.69, 9.17) is 0 Å². The molecule has 2 nitrogen and oxygen atoms in total. The summed E-state index contributed by atoms with van der Waals surface area (Å²) >= 11 is 3.49. The van der Waals surface area contributed by atoms with Crippen molar-refractivity contribution in [1.82, 2.24) is 0 Å². The minimum Gasteiger partial charge on any atom is -1.00 e. The number of pyridine rings is 1. The highest BCUT2D eigenvalue weighted by Crippen LogP contribution is 2.12. The van der Waals surface area contributed by atoms with Crippen molar-refractivity contribution in [2.75, 3.05) is 5.33 Å². The van der Waals surface area contributed by atoms with Crippen LogP contribution in [0.3, 0.4) is 0 Å². The summed E-state index contributed by atoms with van der Waals surface area (Å²) in [6.45, 7) is 1.07. The lowest BCUT2D eigenvalue weighted by molar-refractivity contribution is -0.699. The highest BCUT2D eigenvalue weighted by molar-refractivity contribution is 9.09. The van der Waals surface area contributed by atoms with E-state index >= 15 is 0 Å². The Morgan fingerprint density at radius 3 is 2.07 bits per heavy atom. The molecule has 1 aromatic heterocycles. The largest absolute Gasteiger partial charge is 1.00 e. The molecule has 0 saturated carbocycles. The predicted molar refractivity (Wildman–Crippen MR) is 114 cm³/mol. The van der Waals surface area contributed by atoms with Crippen molar-refractivity contribution in [3.63, 3.8) is 0 Å². The highest BCUT2D eigenvalue weighted by atomic mass is 79.9. The third kappa shape index (κ3) is 10.1. The maximum atomic E-state index is 9.37. The van der Waals surface area contributed by atoms with Crippen LogP contribution >= 0.6 is 15.9 Å². The first kappa shape index (κ1) is 23.9. The van der Waals surface area contributed by atoms with Gasteiger partial charge in [-0.15, -0.1) is 0 Å². The number of aryl methyl sites for hydroxylation is 1. The average Bonchev–Trinajstić information content (AvgIpc) is 2.67. The molecule has 0 spiro atoms. The molecule has 0 radical (unpaired) electrons. The van der Waals surface area contributed by atoms with Crippen molar-refractivity contribution >= 4 is 28.1 Å². The number of aromatic nitrogens is 1. The molecular formula is C23H31Br2NO. The smallest absolute Gasteiger partial charge is 0.205 e. The Morgan fingerprint density at radius 1 is 0.778 bits per heavy atom. The Bertz CT molecular complexity index is 656. The normalized spacial score (nSPS) is 10.9. The van der Waals surface area contributed by atoms with Gasteiger partial charge in [-0.05, 0) is 42.7 Å². The number of unbranched alkanes of at least 4 members (excludes halogenated alkanes) is 7. The molecule has 0 atom stereocenters. The van der Waals surface area contributed by atoms with Crippen molar-refractivity contribution in [2.45, 2.75) is 57.9 Å². The first-order valence-electron chi connectivity index (χ1n) is 9.81. The Morgan fingerprint density at radius 2 is 1.41 bits per heavy atom. The molecule has 1 aromatic carbocycles. The van der Waals surface area contributed by atoms with Crippen LogP contribution in [0.5, 0.6) is 5.75 Å². The maximum absolute atomic E-state index is 9.37. The summed E-state index contributed by atoms with van der Waals surface area (Å²) in [4.78, 5) is 0. The second-order valence-corrected chi connectivity index (χ2v) is 7.55. The Hall–Kier alpha value is -1.13. The van der Waals surface area contributed by atoms with Crippen molar-refractivity contribution in [2.24, 2.45) is 0 Å². The second kappa shape index (κ2) is 14.9. The molecule has 0 unspecified atom stereocenters. The predicted octanol–water partition coefficient (Wildman–Crippen LogP) is 3.37. The third-order valence-electron chi connectivity index (χ3n) is 4.60. The average molecular weight is 497 g/mol. The number of benzene rings is 1. The zero-order valence-electron chi connectivity index (χ0n) is 16.0. The quantitative estimate of drug-likeness (QED) is 0.272. The SMILES string of the molecule is Oc1ccc(/C=C/c2cccc[n+]2CCCCCCCCCCBr)cc1.[Br-]. The lowest BCUT2D eigenvalue weighted by Crippen LogP contribution is -3.00. The van der Waals surface area contributed by atoms with Crippen LogP contribution in [0, 0.1) is 0 Å². The minimum atomic E-state index is 0. The number of nitrogens with zero attached hydrogens (tertiary/aromatic N) is 1. The van der Waals surface area contributed by atoms with E-state index in [9.17, 15) is 5.11 Å². The third-order valence-corrected chi connectivity index (χ3v) is 5.16. The molecule has 0 aliphatic carbocycles. The van der Waals surface area contributed by atoms with Crippen LogP contribution in [0.1, 0.15) is 62.6 Å². The van der Waals surface area contributed by atoms with Gasteiger partial charge in [0.05, 0.1) is 0 Å². The molecular weight excluding hydrogens is 466 g/mol. The molecule has 0 saturated heterocycles. The first-order valence-corrected chi connectivity index (χ1v) is 10.9. The number of hydrogen-bond acceptors (Lipinski definition) is 1. The maximum Gasteiger partial charge on any atom is 0.205 e. The first-order chi connectivity index (χ1) is 12.8. The van der Waals surface area contributed by atoms with E-state index in [1.54, 1.807) is 12.1 Å². The number of rotatable bonds is 12. The van der Waals surface area contributed by atoms with Gasteiger partial charge < -0.3 is 22.1 Å². The fraction of sp³-hybridized carbons (Fsp3) is 0.435. The van der Waals surface area contributed by atoms with Gasteiger partial charge in [-0.3, -0.25) is 0 Å². The molecule has 0 amide bonds. The van der Waals surface area contributed by atoms with E-state index in [-0.39, 0.29) is 17.0 Å². The summed E-state index contributed by atoms with van der Waals surface area (Å²) in [7, 11) is 0. The van der Waals surface area contributed by atoms with E-state index < -0.39 is 0 Å². The van der Waals surface area contributed by atoms with E-state index in [2.05, 4.69) is 57.0 Å². The zero-order chi connectivity index (χ0) is 18.5. The summed E-state index contributed by atoms with van der Waals surface area (Å²) in [5, 5.41) is 10.5. The van der Waals surface area contributed by atoms with Gasteiger partial charge in [-0.25, -0.2) is 0 Å². The second-order valence-electron chi connectivity index (χ2n) is 6.76. The summed E-state index contributed by atoms with van der Waals surface area (Å²) in [6, 6.07) is 13.6. The lowest BCUT2D eigenvalue weighted by Gasteiger charge is -2.02. The minimum absolute atomic E-state index is 0. The number of alkyl halides is 1. The van der Waals surface area contributed by atoms with Crippen molar-refractivity contribution in [3.8, 4) is 5.75 Å². The Balaban J connectivity index is 0.00000364. The highest BCUT2D eigenvalue weighted by Gasteiger charge is 2.06. The van der Waals surface area contributed by atoms with Gasteiger partial charge in [0.15, 0.2) is 6.20 Å². The van der Waals surface area contributed by atoms with Gasteiger partial charge in [0.1, 0.15) is 12.3 Å². The van der Waals surface area contributed by atoms with Gasteiger partial charge in [-0.1, -0.05) is 60.2 Å². The molecule has 27 heavy (non-hydrogen) atoms. The van der Waals surface area contributed by atoms with Crippen LogP contribution in [-0.4, -0.2) is 10.4 Å². The van der Waals surface area contributed by atoms with Crippen molar-refractivity contribution in [3.05, 3.63) is 59.9 Å². The van der Waals surface area contributed by atoms with Gasteiger partial charge >= 0.3 is 0 Å². The molecule has 2 rings (SSSR count). The van der Waals surface area contributed by atoms with Crippen LogP contribution in [0.2, 0.25) is 0 Å².